The largest absolute Gasteiger partial charge is 0.481 e. The van der Waals surface area contributed by atoms with E-state index in [4.69, 9.17) is 5.73 Å². The fraction of sp³-hybridized carbons (Fsp3) is 0.467. The van der Waals surface area contributed by atoms with Gasteiger partial charge < -0.3 is 15.7 Å². The van der Waals surface area contributed by atoms with Crippen LogP contribution in [0.15, 0.2) is 24.3 Å². The van der Waals surface area contributed by atoms with Gasteiger partial charge in [-0.3, -0.25) is 9.59 Å². The van der Waals surface area contributed by atoms with Gasteiger partial charge >= 0.3 is 5.97 Å². The van der Waals surface area contributed by atoms with E-state index in [9.17, 15) is 14.7 Å². The molecule has 1 aliphatic rings. The van der Waals surface area contributed by atoms with Crippen molar-refractivity contribution in [1.82, 2.24) is 0 Å². The van der Waals surface area contributed by atoms with Crippen LogP contribution in [0, 0.1) is 0 Å². The Hall–Kier alpha value is -1.53. The molecule has 2 rings (SSSR count). The first kappa shape index (κ1) is 15.9. The standard InChI is InChI=1S/C15H20N2O3S/c1-21-9-7-12(16)14(18)17-8-6-11(15(19)20)10-4-2-3-5-13(10)17/h2-5,11-12H,6-9,16H2,1H3,(H,19,20)/t11?,12-/m0/s1. The van der Waals surface area contributed by atoms with Gasteiger partial charge in [-0.05, 0) is 36.5 Å². The van der Waals surface area contributed by atoms with Crippen molar-refractivity contribution >= 4 is 29.3 Å². The van der Waals surface area contributed by atoms with Gasteiger partial charge in [-0.2, -0.15) is 11.8 Å². The van der Waals surface area contributed by atoms with Crippen molar-refractivity contribution in [2.45, 2.75) is 24.8 Å². The van der Waals surface area contributed by atoms with Crippen molar-refractivity contribution in [1.29, 1.82) is 0 Å². The Morgan fingerprint density at radius 2 is 2.19 bits per heavy atom. The molecule has 21 heavy (non-hydrogen) atoms. The minimum atomic E-state index is -0.846. The number of para-hydroxylation sites is 1. The zero-order valence-electron chi connectivity index (χ0n) is 12.0. The highest BCUT2D eigenvalue weighted by atomic mass is 32.2. The first-order valence-electron chi connectivity index (χ1n) is 6.94. The summed E-state index contributed by atoms with van der Waals surface area (Å²) in [6.45, 7) is 0.403. The Bertz CT molecular complexity index is 535. The highest BCUT2D eigenvalue weighted by Crippen LogP contribution is 2.35. The lowest BCUT2D eigenvalue weighted by molar-refractivity contribution is -0.139. The Morgan fingerprint density at radius 1 is 1.48 bits per heavy atom. The first-order valence-corrected chi connectivity index (χ1v) is 8.33. The molecular formula is C15H20N2O3S. The fourth-order valence-electron chi connectivity index (χ4n) is 2.62. The number of carboxylic acids is 1. The number of thioether (sulfide) groups is 1. The van der Waals surface area contributed by atoms with Crippen LogP contribution in [0.25, 0.3) is 0 Å². The van der Waals surface area contributed by atoms with Crippen LogP contribution < -0.4 is 10.6 Å². The number of hydrogen-bond donors (Lipinski definition) is 2. The van der Waals surface area contributed by atoms with Crippen LogP contribution in [0.5, 0.6) is 0 Å². The summed E-state index contributed by atoms with van der Waals surface area (Å²) >= 11 is 1.66. The van der Waals surface area contributed by atoms with Crippen LogP contribution >= 0.6 is 11.8 Å². The number of nitrogens with zero attached hydrogens (tertiary/aromatic N) is 1. The van der Waals surface area contributed by atoms with Gasteiger partial charge in [-0.15, -0.1) is 0 Å². The molecule has 1 amide bonds. The first-order chi connectivity index (χ1) is 10.1. The van der Waals surface area contributed by atoms with Crippen LogP contribution in [-0.4, -0.2) is 41.6 Å². The Morgan fingerprint density at radius 3 is 2.86 bits per heavy atom. The van der Waals surface area contributed by atoms with Crippen molar-refractivity contribution in [3.63, 3.8) is 0 Å². The zero-order valence-corrected chi connectivity index (χ0v) is 12.8. The monoisotopic (exact) mass is 308 g/mol. The number of rotatable bonds is 5. The second-order valence-corrected chi connectivity index (χ2v) is 6.10. The molecule has 1 aromatic rings. The summed E-state index contributed by atoms with van der Waals surface area (Å²) in [4.78, 5) is 25.5. The third kappa shape index (κ3) is 3.39. The number of anilines is 1. The number of hydrogen-bond acceptors (Lipinski definition) is 4. The summed E-state index contributed by atoms with van der Waals surface area (Å²) in [7, 11) is 0. The van der Waals surface area contributed by atoms with E-state index < -0.39 is 17.9 Å². The lowest BCUT2D eigenvalue weighted by Gasteiger charge is -2.34. The molecule has 114 valence electrons. The van der Waals surface area contributed by atoms with Gasteiger partial charge in [0.25, 0.3) is 0 Å². The maximum Gasteiger partial charge on any atom is 0.311 e. The molecule has 0 aromatic heterocycles. The van der Waals surface area contributed by atoms with Crippen LogP contribution in [0.3, 0.4) is 0 Å². The van der Waals surface area contributed by atoms with E-state index in [1.807, 2.05) is 12.3 Å². The molecule has 0 saturated carbocycles. The lowest BCUT2D eigenvalue weighted by Crippen LogP contribution is -2.47. The molecule has 1 heterocycles. The number of amides is 1. The van der Waals surface area contributed by atoms with Gasteiger partial charge in [0.15, 0.2) is 0 Å². The molecule has 1 aromatic carbocycles. The second kappa shape index (κ2) is 6.95. The van der Waals surface area contributed by atoms with Gasteiger partial charge in [0.1, 0.15) is 0 Å². The molecule has 0 aliphatic carbocycles. The summed E-state index contributed by atoms with van der Waals surface area (Å²) in [5.41, 5.74) is 7.34. The molecular weight excluding hydrogens is 288 g/mol. The molecule has 2 atom stereocenters. The summed E-state index contributed by atoms with van der Waals surface area (Å²) in [5, 5.41) is 9.30. The van der Waals surface area contributed by atoms with Gasteiger partial charge in [0.05, 0.1) is 12.0 Å². The lowest BCUT2D eigenvalue weighted by atomic mass is 9.89. The van der Waals surface area contributed by atoms with Crippen LogP contribution in [-0.2, 0) is 9.59 Å². The molecule has 1 unspecified atom stereocenters. The Labute approximate surface area is 128 Å². The predicted molar refractivity (Wildman–Crippen MR) is 84.8 cm³/mol. The SMILES string of the molecule is CSCC[C@H](N)C(=O)N1CCC(C(=O)O)c2ccccc21. The fourth-order valence-corrected chi connectivity index (χ4v) is 3.11. The maximum atomic E-state index is 12.5. The van der Waals surface area contributed by atoms with Crippen LogP contribution in [0.2, 0.25) is 0 Å². The molecule has 5 nitrogen and oxygen atoms in total. The number of nitrogens with two attached hydrogens (primary N) is 1. The van der Waals surface area contributed by atoms with Crippen LogP contribution in [0.4, 0.5) is 5.69 Å². The molecule has 0 radical (unpaired) electrons. The van der Waals surface area contributed by atoms with E-state index in [0.29, 0.717) is 30.6 Å². The van der Waals surface area contributed by atoms with Crippen LogP contribution in [0.1, 0.15) is 24.3 Å². The van der Waals surface area contributed by atoms with E-state index >= 15 is 0 Å². The Kier molecular flexibility index (Phi) is 5.25. The number of benzene rings is 1. The topological polar surface area (TPSA) is 83.6 Å². The Balaban J connectivity index is 2.24. The van der Waals surface area contributed by atoms with Crippen molar-refractivity contribution < 1.29 is 14.7 Å². The number of fused-ring (bicyclic) bond motifs is 1. The molecule has 0 bridgehead atoms. The van der Waals surface area contributed by atoms with Crippen molar-refractivity contribution in [2.24, 2.45) is 5.73 Å². The highest BCUT2D eigenvalue weighted by Gasteiger charge is 2.33. The minimum absolute atomic E-state index is 0.125. The molecule has 0 spiro atoms. The van der Waals surface area contributed by atoms with E-state index in [-0.39, 0.29) is 5.91 Å². The van der Waals surface area contributed by atoms with Crippen molar-refractivity contribution in [2.75, 3.05) is 23.5 Å². The highest BCUT2D eigenvalue weighted by molar-refractivity contribution is 7.98. The molecule has 6 heteroatoms. The number of carbonyl (C=O) groups is 2. The normalized spacial score (nSPS) is 19.0. The summed E-state index contributed by atoms with van der Waals surface area (Å²) in [6.07, 6.45) is 3.03. The molecule has 0 saturated heterocycles. The van der Waals surface area contributed by atoms with E-state index in [2.05, 4.69) is 0 Å². The number of carbonyl (C=O) groups excluding carboxylic acids is 1. The molecule has 0 fully saturated rings. The van der Waals surface area contributed by atoms with Gasteiger partial charge in [0.2, 0.25) is 5.91 Å². The zero-order chi connectivity index (χ0) is 15.4. The third-order valence-electron chi connectivity index (χ3n) is 3.76. The van der Waals surface area contributed by atoms with Crippen molar-refractivity contribution in [3.05, 3.63) is 29.8 Å². The quantitative estimate of drug-likeness (QED) is 0.864. The molecule has 1 aliphatic heterocycles. The molecule has 3 N–H and O–H groups in total. The average Bonchev–Trinajstić information content (AvgIpc) is 2.50. The van der Waals surface area contributed by atoms with E-state index in [0.717, 1.165) is 5.75 Å². The van der Waals surface area contributed by atoms with Gasteiger partial charge in [-0.25, -0.2) is 0 Å². The predicted octanol–water partition coefficient (Wildman–Crippen LogP) is 1.67. The van der Waals surface area contributed by atoms with Gasteiger partial charge in [-0.1, -0.05) is 18.2 Å². The summed E-state index contributed by atoms with van der Waals surface area (Å²) < 4.78 is 0. The van der Waals surface area contributed by atoms with Crippen molar-refractivity contribution in [3.8, 4) is 0 Å². The van der Waals surface area contributed by atoms with Gasteiger partial charge in [0, 0.05) is 12.2 Å². The second-order valence-electron chi connectivity index (χ2n) is 5.12. The smallest absolute Gasteiger partial charge is 0.311 e. The van der Waals surface area contributed by atoms with E-state index in [1.165, 1.54) is 0 Å². The third-order valence-corrected chi connectivity index (χ3v) is 4.40. The summed E-state index contributed by atoms with van der Waals surface area (Å²) in [6, 6.07) is 6.66. The number of aliphatic carboxylic acids is 1. The van der Waals surface area contributed by atoms with E-state index in [1.54, 1.807) is 34.9 Å². The minimum Gasteiger partial charge on any atom is -0.481 e. The average molecular weight is 308 g/mol. The maximum absolute atomic E-state index is 12.5. The number of carboxylic acid groups (broad SMARTS) is 1. The summed E-state index contributed by atoms with van der Waals surface area (Å²) in [5.74, 6) is -0.686.